The molecule has 1 aliphatic heterocycles. The van der Waals surface area contributed by atoms with Crippen LogP contribution in [0.5, 0.6) is 0 Å². The van der Waals surface area contributed by atoms with Crippen LogP contribution in [0.25, 0.3) is 0 Å². The Balaban J connectivity index is 2.32. The summed E-state index contributed by atoms with van der Waals surface area (Å²) < 4.78 is 0. The van der Waals surface area contributed by atoms with Crippen molar-refractivity contribution >= 4 is 6.29 Å². The Bertz CT molecular complexity index is 92.5. The number of hydrogen-bond acceptors (Lipinski definition) is 2. The number of carbonyl (C=O) groups excluding carboxylic acids is 1. The lowest BCUT2D eigenvalue weighted by atomic mass is 10.1. The fraction of sp³-hybridized carbons (Fsp3) is 0.833. The second kappa shape index (κ2) is 2.27. The molecule has 1 heterocycles. The highest BCUT2D eigenvalue weighted by atomic mass is 16.1. The summed E-state index contributed by atoms with van der Waals surface area (Å²) in [6, 6.07) is 0.0185. The molecule has 2 atom stereocenters. The summed E-state index contributed by atoms with van der Waals surface area (Å²) in [5.41, 5.74) is 0. The molecule has 2 heteroatoms. The third-order valence-corrected chi connectivity index (χ3v) is 1.49. The lowest BCUT2D eigenvalue weighted by molar-refractivity contribution is 0.531. The van der Waals surface area contributed by atoms with Crippen molar-refractivity contribution in [1.82, 2.24) is 5.32 Å². The molecule has 1 rings (SSSR count). The van der Waals surface area contributed by atoms with E-state index in [2.05, 4.69) is 12.2 Å². The minimum absolute atomic E-state index is 0.0185. The number of hydrogen-bond donors (Lipinski definition) is 1. The normalized spacial score (nSPS) is 37.6. The standard InChI is InChI=1S/C6H10NO/c1-5-2-6(4-8)7-3-5/h5-7H,2-3H2,1H3. The molecule has 0 amide bonds. The number of nitrogens with one attached hydrogen (secondary N) is 1. The molecule has 0 aromatic rings. The van der Waals surface area contributed by atoms with Crippen LogP contribution in [-0.4, -0.2) is 18.9 Å². The predicted octanol–water partition coefficient (Wildman–Crippen LogP) is 0.0941. The molecule has 1 aliphatic rings. The zero-order valence-corrected chi connectivity index (χ0v) is 4.98. The van der Waals surface area contributed by atoms with Gasteiger partial charge < -0.3 is 5.32 Å². The van der Waals surface area contributed by atoms with Gasteiger partial charge in [-0.25, -0.2) is 0 Å². The third kappa shape index (κ3) is 1.07. The molecule has 1 saturated heterocycles. The number of rotatable bonds is 1. The van der Waals surface area contributed by atoms with Gasteiger partial charge in [0, 0.05) is 0 Å². The highest BCUT2D eigenvalue weighted by molar-refractivity contribution is 5.58. The molecule has 1 radical (unpaired) electrons. The topological polar surface area (TPSA) is 29.1 Å². The van der Waals surface area contributed by atoms with Gasteiger partial charge in [0.15, 0.2) is 0 Å². The van der Waals surface area contributed by atoms with Crippen molar-refractivity contribution in [3.8, 4) is 0 Å². The van der Waals surface area contributed by atoms with Crippen LogP contribution < -0.4 is 5.32 Å². The zero-order chi connectivity index (χ0) is 5.98. The molecule has 0 bridgehead atoms. The van der Waals surface area contributed by atoms with Gasteiger partial charge in [0.25, 0.3) is 0 Å². The Morgan fingerprint density at radius 3 is 2.75 bits per heavy atom. The van der Waals surface area contributed by atoms with E-state index in [-0.39, 0.29) is 6.04 Å². The highest BCUT2D eigenvalue weighted by Crippen LogP contribution is 2.09. The summed E-state index contributed by atoms with van der Waals surface area (Å²) in [5.74, 6) is 0.654. The quantitative estimate of drug-likeness (QED) is 0.521. The third-order valence-electron chi connectivity index (χ3n) is 1.49. The van der Waals surface area contributed by atoms with E-state index < -0.39 is 0 Å². The average molecular weight is 112 g/mol. The summed E-state index contributed by atoms with van der Waals surface area (Å²) in [4.78, 5) is 9.97. The summed E-state index contributed by atoms with van der Waals surface area (Å²) in [7, 11) is 0. The van der Waals surface area contributed by atoms with E-state index in [0.717, 1.165) is 13.0 Å². The zero-order valence-electron chi connectivity index (χ0n) is 4.98. The van der Waals surface area contributed by atoms with Crippen LogP contribution in [0, 0.1) is 5.92 Å². The summed E-state index contributed by atoms with van der Waals surface area (Å²) in [5, 5.41) is 3.03. The molecule has 2 nitrogen and oxygen atoms in total. The Labute approximate surface area is 49.3 Å². The second-order valence-electron chi connectivity index (χ2n) is 2.42. The second-order valence-corrected chi connectivity index (χ2v) is 2.42. The van der Waals surface area contributed by atoms with Crippen molar-refractivity contribution < 1.29 is 4.79 Å². The smallest absolute Gasteiger partial charge is 0.216 e. The van der Waals surface area contributed by atoms with Gasteiger partial charge in [-0.05, 0) is 18.9 Å². The Hall–Kier alpha value is -0.370. The van der Waals surface area contributed by atoms with Crippen molar-refractivity contribution in [2.45, 2.75) is 19.4 Å². The Morgan fingerprint density at radius 1 is 1.75 bits per heavy atom. The van der Waals surface area contributed by atoms with Crippen molar-refractivity contribution in [1.29, 1.82) is 0 Å². The monoisotopic (exact) mass is 112 g/mol. The maximum Gasteiger partial charge on any atom is 0.216 e. The predicted molar refractivity (Wildman–Crippen MR) is 31.3 cm³/mol. The molecule has 1 N–H and O–H groups in total. The molecule has 0 spiro atoms. The molecule has 0 aliphatic carbocycles. The molecule has 2 unspecified atom stereocenters. The molecule has 0 saturated carbocycles. The van der Waals surface area contributed by atoms with Crippen LogP contribution in [0.1, 0.15) is 13.3 Å². The molecule has 0 aromatic carbocycles. The van der Waals surface area contributed by atoms with Gasteiger partial charge in [0.1, 0.15) is 0 Å². The lowest BCUT2D eigenvalue weighted by Crippen LogP contribution is -2.21. The van der Waals surface area contributed by atoms with Crippen molar-refractivity contribution in [3.05, 3.63) is 0 Å². The summed E-state index contributed by atoms with van der Waals surface area (Å²) >= 11 is 0. The lowest BCUT2D eigenvalue weighted by Gasteiger charge is -1.93. The van der Waals surface area contributed by atoms with Crippen LogP contribution >= 0.6 is 0 Å². The minimum Gasteiger partial charge on any atom is -0.307 e. The van der Waals surface area contributed by atoms with E-state index >= 15 is 0 Å². The summed E-state index contributed by atoms with van der Waals surface area (Å²) in [6.45, 7) is 3.10. The van der Waals surface area contributed by atoms with E-state index in [1.165, 1.54) is 0 Å². The first-order valence-corrected chi connectivity index (χ1v) is 2.94. The van der Waals surface area contributed by atoms with Gasteiger partial charge >= 0.3 is 0 Å². The molecular formula is C6H10NO. The largest absolute Gasteiger partial charge is 0.307 e. The summed E-state index contributed by atoms with van der Waals surface area (Å²) in [6.07, 6.45) is 2.90. The molecule has 1 fully saturated rings. The van der Waals surface area contributed by atoms with E-state index in [9.17, 15) is 4.79 Å². The van der Waals surface area contributed by atoms with Crippen molar-refractivity contribution in [2.75, 3.05) is 6.54 Å². The van der Waals surface area contributed by atoms with E-state index in [4.69, 9.17) is 0 Å². The van der Waals surface area contributed by atoms with Crippen LogP contribution in [0.15, 0.2) is 0 Å². The van der Waals surface area contributed by atoms with Crippen LogP contribution in [-0.2, 0) is 4.79 Å². The van der Waals surface area contributed by atoms with Crippen LogP contribution in [0.2, 0.25) is 0 Å². The molecule has 0 aromatic heterocycles. The maximum absolute atomic E-state index is 9.97. The molecular weight excluding hydrogens is 102 g/mol. The van der Waals surface area contributed by atoms with Crippen molar-refractivity contribution in [3.63, 3.8) is 0 Å². The Kier molecular flexibility index (Phi) is 1.63. The fourth-order valence-electron chi connectivity index (χ4n) is 1.00. The van der Waals surface area contributed by atoms with E-state index in [0.29, 0.717) is 5.92 Å². The first kappa shape index (κ1) is 5.76. The van der Waals surface area contributed by atoms with Crippen molar-refractivity contribution in [2.24, 2.45) is 5.92 Å². The van der Waals surface area contributed by atoms with Gasteiger partial charge in [0.2, 0.25) is 6.29 Å². The van der Waals surface area contributed by atoms with Gasteiger partial charge in [-0.3, -0.25) is 4.79 Å². The first-order valence-electron chi connectivity index (χ1n) is 2.94. The Morgan fingerprint density at radius 2 is 2.50 bits per heavy atom. The van der Waals surface area contributed by atoms with Gasteiger partial charge in [-0.15, -0.1) is 0 Å². The van der Waals surface area contributed by atoms with Gasteiger partial charge in [-0.1, -0.05) is 6.92 Å². The van der Waals surface area contributed by atoms with E-state index in [1.807, 2.05) is 6.29 Å². The van der Waals surface area contributed by atoms with Gasteiger partial charge in [-0.2, -0.15) is 0 Å². The highest BCUT2D eigenvalue weighted by Gasteiger charge is 2.19. The molecule has 8 heavy (non-hydrogen) atoms. The minimum atomic E-state index is 0.0185. The van der Waals surface area contributed by atoms with Crippen LogP contribution in [0.3, 0.4) is 0 Å². The first-order chi connectivity index (χ1) is 3.83. The van der Waals surface area contributed by atoms with Gasteiger partial charge in [0.05, 0.1) is 6.04 Å². The molecule has 45 valence electrons. The van der Waals surface area contributed by atoms with Crippen LogP contribution in [0.4, 0.5) is 0 Å². The average Bonchev–Trinajstić information content (AvgIpc) is 2.14. The van der Waals surface area contributed by atoms with E-state index in [1.54, 1.807) is 0 Å². The SMILES string of the molecule is CC1CNC([C]=O)C1. The fourth-order valence-corrected chi connectivity index (χ4v) is 1.00. The maximum atomic E-state index is 9.97.